The Balaban J connectivity index is 3.15. The third-order valence-electron chi connectivity index (χ3n) is 2.03. The number of nitrogen functional groups attached to an aromatic ring is 1. The lowest BCUT2D eigenvalue weighted by Gasteiger charge is -2.11. The van der Waals surface area contributed by atoms with Crippen molar-refractivity contribution in [2.24, 2.45) is 5.73 Å². The van der Waals surface area contributed by atoms with Crippen molar-refractivity contribution in [1.29, 1.82) is 0 Å². The van der Waals surface area contributed by atoms with Gasteiger partial charge in [0.15, 0.2) is 0 Å². The highest BCUT2D eigenvalue weighted by molar-refractivity contribution is 5.51. The molecule has 2 heteroatoms. The van der Waals surface area contributed by atoms with Gasteiger partial charge in [-0.2, -0.15) is 0 Å². The van der Waals surface area contributed by atoms with Crippen LogP contribution >= 0.6 is 0 Å². The molecule has 12 heavy (non-hydrogen) atoms. The van der Waals surface area contributed by atoms with Crippen molar-refractivity contribution in [3.05, 3.63) is 42.0 Å². The average molecular weight is 162 g/mol. The van der Waals surface area contributed by atoms with Crippen LogP contribution < -0.4 is 11.5 Å². The normalized spacial score (nSPS) is 12.5. The molecular formula is C10H14N2. The van der Waals surface area contributed by atoms with E-state index in [1.54, 1.807) is 6.08 Å². The van der Waals surface area contributed by atoms with Gasteiger partial charge in [0.1, 0.15) is 0 Å². The van der Waals surface area contributed by atoms with Crippen molar-refractivity contribution < 1.29 is 0 Å². The molecule has 64 valence electrons. The second-order valence-corrected chi connectivity index (χ2v) is 2.82. The van der Waals surface area contributed by atoms with Gasteiger partial charge in [0.05, 0.1) is 0 Å². The summed E-state index contributed by atoms with van der Waals surface area (Å²) in [7, 11) is 0. The molecule has 0 aliphatic carbocycles. The molecule has 1 aromatic rings. The van der Waals surface area contributed by atoms with E-state index < -0.39 is 0 Å². The molecule has 1 rings (SSSR count). The highest BCUT2D eigenvalue weighted by Gasteiger charge is 2.05. The van der Waals surface area contributed by atoms with E-state index in [9.17, 15) is 0 Å². The summed E-state index contributed by atoms with van der Waals surface area (Å²) in [4.78, 5) is 0. The van der Waals surface area contributed by atoms with E-state index in [0.29, 0.717) is 0 Å². The summed E-state index contributed by atoms with van der Waals surface area (Å²) in [5.74, 6) is 0. The van der Waals surface area contributed by atoms with Gasteiger partial charge < -0.3 is 11.5 Å². The van der Waals surface area contributed by atoms with Gasteiger partial charge in [-0.3, -0.25) is 0 Å². The maximum absolute atomic E-state index is 5.79. The molecule has 2 nitrogen and oxygen atoms in total. The Morgan fingerprint density at radius 1 is 1.50 bits per heavy atom. The SMILES string of the molecule is C=CC(N)c1cccc(N)c1C. The van der Waals surface area contributed by atoms with Gasteiger partial charge in [0.2, 0.25) is 0 Å². The lowest BCUT2D eigenvalue weighted by atomic mass is 10.0. The summed E-state index contributed by atoms with van der Waals surface area (Å²) >= 11 is 0. The second-order valence-electron chi connectivity index (χ2n) is 2.82. The van der Waals surface area contributed by atoms with E-state index in [2.05, 4.69) is 6.58 Å². The number of benzene rings is 1. The number of hydrogen-bond donors (Lipinski definition) is 2. The Hall–Kier alpha value is -1.28. The minimum Gasteiger partial charge on any atom is -0.399 e. The van der Waals surface area contributed by atoms with Crippen LogP contribution in [0.5, 0.6) is 0 Å². The third-order valence-corrected chi connectivity index (χ3v) is 2.03. The fourth-order valence-corrected chi connectivity index (χ4v) is 1.16. The quantitative estimate of drug-likeness (QED) is 0.514. The molecule has 0 fully saturated rings. The standard InChI is InChI=1S/C10H14N2/c1-3-9(11)8-5-4-6-10(12)7(8)2/h3-6,9H,1,11-12H2,2H3. The van der Waals surface area contributed by atoms with E-state index in [0.717, 1.165) is 16.8 Å². The predicted molar refractivity (Wildman–Crippen MR) is 52.7 cm³/mol. The van der Waals surface area contributed by atoms with Gasteiger partial charge in [-0.05, 0) is 24.1 Å². The second kappa shape index (κ2) is 3.41. The zero-order chi connectivity index (χ0) is 9.14. The third kappa shape index (κ3) is 1.48. The molecule has 1 aromatic carbocycles. The zero-order valence-corrected chi connectivity index (χ0v) is 7.25. The summed E-state index contributed by atoms with van der Waals surface area (Å²) < 4.78 is 0. The molecule has 0 saturated heterocycles. The molecule has 0 spiro atoms. The number of hydrogen-bond acceptors (Lipinski definition) is 2. The van der Waals surface area contributed by atoms with Crippen LogP contribution in [0.3, 0.4) is 0 Å². The van der Waals surface area contributed by atoms with Crippen LogP contribution in [0.2, 0.25) is 0 Å². The minimum absolute atomic E-state index is 0.117. The zero-order valence-electron chi connectivity index (χ0n) is 7.25. The van der Waals surface area contributed by atoms with Crippen molar-refractivity contribution in [2.45, 2.75) is 13.0 Å². The van der Waals surface area contributed by atoms with Crippen molar-refractivity contribution >= 4 is 5.69 Å². The first-order valence-electron chi connectivity index (χ1n) is 3.90. The molecule has 0 radical (unpaired) electrons. The van der Waals surface area contributed by atoms with Crippen molar-refractivity contribution in [2.75, 3.05) is 5.73 Å². The van der Waals surface area contributed by atoms with Crippen molar-refractivity contribution in [1.82, 2.24) is 0 Å². The largest absolute Gasteiger partial charge is 0.399 e. The van der Waals surface area contributed by atoms with Crippen LogP contribution in [0, 0.1) is 6.92 Å². The molecule has 0 aliphatic rings. The average Bonchev–Trinajstić information content (AvgIpc) is 2.08. The highest BCUT2D eigenvalue weighted by atomic mass is 14.6. The molecule has 1 unspecified atom stereocenters. The summed E-state index contributed by atoms with van der Waals surface area (Å²) in [6.45, 7) is 5.61. The van der Waals surface area contributed by atoms with Crippen LogP contribution in [-0.2, 0) is 0 Å². The maximum Gasteiger partial charge on any atom is 0.0481 e. The van der Waals surface area contributed by atoms with Crippen LogP contribution in [0.4, 0.5) is 5.69 Å². The van der Waals surface area contributed by atoms with Crippen LogP contribution in [0.1, 0.15) is 17.2 Å². The van der Waals surface area contributed by atoms with E-state index in [4.69, 9.17) is 11.5 Å². The van der Waals surface area contributed by atoms with E-state index in [1.165, 1.54) is 0 Å². The summed E-state index contributed by atoms with van der Waals surface area (Å²) in [6.07, 6.45) is 1.71. The summed E-state index contributed by atoms with van der Waals surface area (Å²) in [5, 5.41) is 0. The Morgan fingerprint density at radius 2 is 2.17 bits per heavy atom. The lowest BCUT2D eigenvalue weighted by molar-refractivity contribution is 0.903. The van der Waals surface area contributed by atoms with Crippen molar-refractivity contribution in [3.8, 4) is 0 Å². The Bertz CT molecular complexity index is 292. The molecule has 0 aromatic heterocycles. The first-order valence-corrected chi connectivity index (χ1v) is 3.90. The van der Waals surface area contributed by atoms with E-state index >= 15 is 0 Å². The summed E-state index contributed by atoms with van der Waals surface area (Å²) in [6, 6.07) is 5.63. The molecular weight excluding hydrogens is 148 g/mol. The number of rotatable bonds is 2. The number of anilines is 1. The van der Waals surface area contributed by atoms with Gasteiger partial charge in [0, 0.05) is 11.7 Å². The van der Waals surface area contributed by atoms with E-state index in [1.807, 2.05) is 25.1 Å². The van der Waals surface area contributed by atoms with Crippen LogP contribution in [0.25, 0.3) is 0 Å². The van der Waals surface area contributed by atoms with Gasteiger partial charge in [-0.1, -0.05) is 18.2 Å². The van der Waals surface area contributed by atoms with Gasteiger partial charge in [0.25, 0.3) is 0 Å². The smallest absolute Gasteiger partial charge is 0.0481 e. The first kappa shape index (κ1) is 8.81. The summed E-state index contributed by atoms with van der Waals surface area (Å²) in [5.41, 5.74) is 14.4. The van der Waals surface area contributed by atoms with Gasteiger partial charge in [-0.25, -0.2) is 0 Å². The highest BCUT2D eigenvalue weighted by Crippen LogP contribution is 2.20. The Kier molecular flexibility index (Phi) is 2.51. The fourth-order valence-electron chi connectivity index (χ4n) is 1.16. The monoisotopic (exact) mass is 162 g/mol. The molecule has 0 saturated carbocycles. The van der Waals surface area contributed by atoms with E-state index in [-0.39, 0.29) is 6.04 Å². The van der Waals surface area contributed by atoms with Crippen molar-refractivity contribution in [3.63, 3.8) is 0 Å². The maximum atomic E-state index is 5.79. The molecule has 0 heterocycles. The lowest BCUT2D eigenvalue weighted by Crippen LogP contribution is -2.09. The first-order chi connectivity index (χ1) is 5.66. The Morgan fingerprint density at radius 3 is 2.75 bits per heavy atom. The topological polar surface area (TPSA) is 52.0 Å². The van der Waals surface area contributed by atoms with Gasteiger partial charge in [-0.15, -0.1) is 6.58 Å². The van der Waals surface area contributed by atoms with Crippen LogP contribution in [0.15, 0.2) is 30.9 Å². The molecule has 1 atom stereocenters. The fraction of sp³-hybridized carbons (Fsp3) is 0.200. The predicted octanol–water partition coefficient (Wildman–Crippen LogP) is 1.76. The molecule has 0 aliphatic heterocycles. The minimum atomic E-state index is -0.117. The molecule has 0 bridgehead atoms. The van der Waals surface area contributed by atoms with Crippen LogP contribution in [-0.4, -0.2) is 0 Å². The molecule has 4 N–H and O–H groups in total. The Labute approximate surface area is 72.9 Å². The molecule has 0 amide bonds. The number of nitrogens with two attached hydrogens (primary N) is 2. The van der Waals surface area contributed by atoms with Gasteiger partial charge >= 0.3 is 0 Å².